The summed E-state index contributed by atoms with van der Waals surface area (Å²) >= 11 is 0. The van der Waals surface area contributed by atoms with Crippen molar-refractivity contribution < 1.29 is 18.6 Å². The van der Waals surface area contributed by atoms with Crippen LogP contribution in [0.1, 0.15) is 24.8 Å². The minimum atomic E-state index is 0.648. The van der Waals surface area contributed by atoms with Gasteiger partial charge in [-0.05, 0) is 53.2 Å². The zero-order valence-corrected chi connectivity index (χ0v) is 23.9. The van der Waals surface area contributed by atoms with Crippen LogP contribution in [0.4, 0.5) is 29.0 Å². The summed E-state index contributed by atoms with van der Waals surface area (Å²) in [7, 11) is 10.8. The Hall–Kier alpha value is -4.68. The van der Waals surface area contributed by atoms with Gasteiger partial charge in [-0.2, -0.15) is 0 Å². The molecular weight excluding hydrogens is 510 g/mol. The van der Waals surface area contributed by atoms with E-state index in [2.05, 4.69) is 42.0 Å². The van der Waals surface area contributed by atoms with Gasteiger partial charge in [0.05, 0.1) is 48.1 Å². The summed E-state index contributed by atoms with van der Waals surface area (Å²) in [5.74, 6) is 2.86. The van der Waals surface area contributed by atoms with Crippen molar-refractivity contribution in [1.82, 2.24) is 19.6 Å². The molecular formula is C27H37N11O2+2. The van der Waals surface area contributed by atoms with Crippen LogP contribution in [0.15, 0.2) is 69.5 Å². The number of aryl methyl sites for hydroxylation is 5. The standard InChI is InChI=1S/C27H36N11O2/c1-35-18-29-37(3)26(35)33-31-21-12-11-20(24(16-21)39-5)10-8-7-9-15-28-23-14-13-22(17-25(23)40-6)32-34-27-36(2)19-30-38(27)4/h11-14,16-19H,7-10,15H2,1-6H3/q+1/p+1. The lowest BCUT2D eigenvalue weighted by atomic mass is 10.1. The molecule has 13 nitrogen and oxygen atoms in total. The maximum atomic E-state index is 5.62. The quantitative estimate of drug-likeness (QED) is 0.150. The lowest BCUT2D eigenvalue weighted by Crippen LogP contribution is -2.25. The van der Waals surface area contributed by atoms with Crippen molar-refractivity contribution in [2.24, 2.45) is 48.6 Å². The lowest BCUT2D eigenvalue weighted by Gasteiger charge is -2.12. The number of ether oxygens (including phenoxy) is 2. The molecule has 1 N–H and O–H groups in total. The van der Waals surface area contributed by atoms with Gasteiger partial charge < -0.3 is 14.8 Å². The molecule has 0 fully saturated rings. The summed E-state index contributed by atoms with van der Waals surface area (Å²) in [4.78, 5) is 0. The smallest absolute Gasteiger partial charge is 0.403 e. The molecule has 2 aromatic carbocycles. The van der Waals surface area contributed by atoms with Crippen LogP contribution in [-0.4, -0.2) is 40.3 Å². The fourth-order valence-electron chi connectivity index (χ4n) is 4.18. The summed E-state index contributed by atoms with van der Waals surface area (Å²) < 4.78 is 18.1. The van der Waals surface area contributed by atoms with E-state index >= 15 is 0 Å². The second-order valence-corrected chi connectivity index (χ2v) is 9.35. The third-order valence-electron chi connectivity index (χ3n) is 6.41. The predicted molar refractivity (Wildman–Crippen MR) is 149 cm³/mol. The van der Waals surface area contributed by atoms with Gasteiger partial charge in [-0.25, -0.2) is 9.13 Å². The first-order chi connectivity index (χ1) is 19.4. The second-order valence-electron chi connectivity index (χ2n) is 9.35. The van der Waals surface area contributed by atoms with Crippen molar-refractivity contribution in [3.8, 4) is 11.5 Å². The van der Waals surface area contributed by atoms with E-state index in [1.807, 2.05) is 63.1 Å². The van der Waals surface area contributed by atoms with Crippen LogP contribution in [0.3, 0.4) is 0 Å². The van der Waals surface area contributed by atoms with E-state index in [-0.39, 0.29) is 0 Å². The molecule has 13 heteroatoms. The van der Waals surface area contributed by atoms with Crippen molar-refractivity contribution in [1.29, 1.82) is 0 Å². The molecule has 0 aliphatic carbocycles. The Balaban J connectivity index is 1.24. The number of hydrogen-bond donors (Lipinski definition) is 1. The highest BCUT2D eigenvalue weighted by Crippen LogP contribution is 2.30. The second kappa shape index (κ2) is 13.4. The van der Waals surface area contributed by atoms with E-state index in [1.165, 1.54) is 0 Å². The molecule has 0 amide bonds. The molecule has 0 atom stereocenters. The molecule has 210 valence electrons. The SMILES string of the molecule is COc1cc(N=Nc2n(C)nc[n+]2C)ccc1CCCCCNc1ccc(N=Nc2n(C)nc[n+]2C)cc1OC. The number of aromatic nitrogens is 6. The molecule has 4 aromatic rings. The predicted octanol–water partition coefficient (Wildman–Crippen LogP) is 4.48. The number of nitrogens with zero attached hydrogens (tertiary/aromatic N) is 10. The van der Waals surface area contributed by atoms with Crippen LogP contribution in [-0.2, 0) is 34.6 Å². The topological polar surface area (TPSA) is 123 Å². The molecule has 40 heavy (non-hydrogen) atoms. The van der Waals surface area contributed by atoms with E-state index in [4.69, 9.17) is 9.47 Å². The van der Waals surface area contributed by atoms with Crippen molar-refractivity contribution in [3.05, 3.63) is 54.6 Å². The van der Waals surface area contributed by atoms with Gasteiger partial charge in [0.2, 0.25) is 12.7 Å². The molecule has 0 saturated heterocycles. The Labute approximate surface area is 233 Å². The van der Waals surface area contributed by atoms with Crippen molar-refractivity contribution in [2.75, 3.05) is 26.1 Å². The first-order valence-corrected chi connectivity index (χ1v) is 13.1. The fourth-order valence-corrected chi connectivity index (χ4v) is 4.18. The first-order valence-electron chi connectivity index (χ1n) is 13.1. The summed E-state index contributed by atoms with van der Waals surface area (Å²) in [6.45, 7) is 0.837. The third-order valence-corrected chi connectivity index (χ3v) is 6.41. The van der Waals surface area contributed by atoms with Crippen LogP contribution < -0.4 is 23.9 Å². The fraction of sp³-hybridized carbons (Fsp3) is 0.407. The van der Waals surface area contributed by atoms with Gasteiger partial charge in [-0.15, -0.1) is 9.36 Å². The number of hydrogen-bond acceptors (Lipinski definition) is 9. The Morgan fingerprint density at radius 3 is 1.88 bits per heavy atom. The summed E-state index contributed by atoms with van der Waals surface area (Å²) in [5, 5.41) is 29.1. The number of rotatable bonds is 13. The van der Waals surface area contributed by atoms with Crippen LogP contribution in [0, 0.1) is 0 Å². The van der Waals surface area contributed by atoms with Gasteiger partial charge in [0.1, 0.15) is 22.9 Å². The monoisotopic (exact) mass is 547 g/mol. The third kappa shape index (κ3) is 7.04. The number of unbranched alkanes of at least 4 members (excludes halogenated alkanes) is 2. The van der Waals surface area contributed by atoms with Gasteiger partial charge >= 0.3 is 11.9 Å². The molecule has 2 heterocycles. The number of benzene rings is 2. The van der Waals surface area contributed by atoms with Gasteiger partial charge in [0, 0.05) is 28.9 Å². The van der Waals surface area contributed by atoms with Gasteiger partial charge in [0.25, 0.3) is 0 Å². The Kier molecular flexibility index (Phi) is 9.49. The van der Waals surface area contributed by atoms with Crippen molar-refractivity contribution in [3.63, 3.8) is 0 Å². The zero-order valence-electron chi connectivity index (χ0n) is 23.9. The number of azo groups is 2. The van der Waals surface area contributed by atoms with Crippen LogP contribution >= 0.6 is 0 Å². The first kappa shape index (κ1) is 28.3. The van der Waals surface area contributed by atoms with Crippen LogP contribution in [0.25, 0.3) is 0 Å². The normalized spacial score (nSPS) is 11.6. The minimum Gasteiger partial charge on any atom is -0.496 e. The maximum Gasteiger partial charge on any atom is 0.403 e. The maximum absolute atomic E-state index is 5.62. The molecule has 0 bridgehead atoms. The van der Waals surface area contributed by atoms with Gasteiger partial charge in [0.15, 0.2) is 0 Å². The Morgan fingerprint density at radius 1 is 0.750 bits per heavy atom. The molecule has 0 saturated carbocycles. The molecule has 2 aromatic heterocycles. The van der Waals surface area contributed by atoms with E-state index in [0.29, 0.717) is 17.6 Å². The van der Waals surface area contributed by atoms with Crippen LogP contribution in [0.2, 0.25) is 0 Å². The average molecular weight is 548 g/mol. The molecule has 4 rings (SSSR count). The largest absolute Gasteiger partial charge is 0.496 e. The Morgan fingerprint density at radius 2 is 1.32 bits per heavy atom. The minimum absolute atomic E-state index is 0.648. The molecule has 0 aliphatic heterocycles. The van der Waals surface area contributed by atoms with Crippen LogP contribution in [0.5, 0.6) is 11.5 Å². The molecule has 0 spiro atoms. The number of methoxy groups -OCH3 is 2. The summed E-state index contributed by atoms with van der Waals surface area (Å²) in [5.41, 5.74) is 3.53. The lowest BCUT2D eigenvalue weighted by molar-refractivity contribution is -0.659. The van der Waals surface area contributed by atoms with E-state index in [0.717, 1.165) is 60.7 Å². The summed E-state index contributed by atoms with van der Waals surface area (Å²) in [6.07, 6.45) is 7.45. The van der Waals surface area contributed by atoms with Gasteiger partial charge in [-0.3, -0.25) is 0 Å². The van der Waals surface area contributed by atoms with E-state index < -0.39 is 0 Å². The van der Waals surface area contributed by atoms with E-state index in [9.17, 15) is 0 Å². The highest BCUT2D eigenvalue weighted by molar-refractivity contribution is 5.62. The van der Waals surface area contributed by atoms with Crippen molar-refractivity contribution in [2.45, 2.75) is 25.7 Å². The molecule has 0 unspecified atom stereocenters. The van der Waals surface area contributed by atoms with E-state index in [1.54, 1.807) is 40.8 Å². The highest BCUT2D eigenvalue weighted by atomic mass is 16.5. The molecule has 0 aliphatic rings. The molecule has 0 radical (unpaired) electrons. The number of anilines is 1. The summed E-state index contributed by atoms with van der Waals surface area (Å²) in [6, 6.07) is 11.7. The number of nitrogens with one attached hydrogen (secondary N) is 1. The highest BCUT2D eigenvalue weighted by Gasteiger charge is 2.13. The van der Waals surface area contributed by atoms with Gasteiger partial charge in [-0.1, -0.05) is 22.7 Å². The average Bonchev–Trinajstić information content (AvgIpc) is 3.46. The van der Waals surface area contributed by atoms with Crippen molar-refractivity contribution >= 4 is 29.0 Å². The Bertz CT molecular complexity index is 1340. The zero-order chi connectivity index (χ0) is 28.5.